The summed E-state index contributed by atoms with van der Waals surface area (Å²) in [6, 6.07) is 6.11. The summed E-state index contributed by atoms with van der Waals surface area (Å²) in [5.41, 5.74) is -0.0696. The number of aryl methyl sites for hydroxylation is 1. The van der Waals surface area contributed by atoms with Crippen molar-refractivity contribution in [3.8, 4) is 11.5 Å². The lowest BCUT2D eigenvalue weighted by atomic mass is 10.1. The average molecular weight is 375 g/mol. The van der Waals surface area contributed by atoms with Gasteiger partial charge in [0.05, 0.1) is 21.4 Å². The Morgan fingerprint density at radius 1 is 1.31 bits per heavy atom. The Kier molecular flexibility index (Phi) is 4.99. The van der Waals surface area contributed by atoms with Gasteiger partial charge < -0.3 is 14.2 Å². The molecule has 3 rings (SSSR count). The zero-order valence-corrected chi connectivity index (χ0v) is 14.4. The second kappa shape index (κ2) is 7.36. The number of Topliss-reactive ketones (excluding diaryl/α,β-unsaturated/α-hetero) is 1. The summed E-state index contributed by atoms with van der Waals surface area (Å²) in [7, 11) is 0. The number of hydrogen-bond acceptors (Lipinski definition) is 8. The number of esters is 1. The van der Waals surface area contributed by atoms with Gasteiger partial charge in [-0.3, -0.25) is 14.9 Å². The van der Waals surface area contributed by atoms with Crippen LogP contribution in [-0.2, 0) is 9.53 Å². The van der Waals surface area contributed by atoms with Crippen LogP contribution < -0.4 is 9.47 Å². The molecule has 0 bridgehead atoms. The van der Waals surface area contributed by atoms with E-state index >= 15 is 0 Å². The van der Waals surface area contributed by atoms with Gasteiger partial charge in [-0.25, -0.2) is 4.79 Å². The van der Waals surface area contributed by atoms with Crippen molar-refractivity contribution in [1.29, 1.82) is 0 Å². The van der Waals surface area contributed by atoms with Gasteiger partial charge in [-0.2, -0.15) is 0 Å². The zero-order chi connectivity index (χ0) is 18.7. The minimum atomic E-state index is -0.779. The van der Waals surface area contributed by atoms with Gasteiger partial charge in [0.2, 0.25) is 12.6 Å². The van der Waals surface area contributed by atoms with E-state index in [1.54, 1.807) is 12.1 Å². The highest BCUT2D eigenvalue weighted by Gasteiger charge is 2.22. The Bertz CT molecular complexity index is 916. The quantitative estimate of drug-likeness (QED) is 0.251. The number of carbonyl (C=O) groups excluding carboxylic acids is 2. The molecule has 0 fully saturated rings. The van der Waals surface area contributed by atoms with Gasteiger partial charge in [-0.05, 0) is 31.2 Å². The summed E-state index contributed by atoms with van der Waals surface area (Å²) < 4.78 is 15.2. The number of hydrogen-bond donors (Lipinski definition) is 0. The van der Waals surface area contributed by atoms with Crippen molar-refractivity contribution in [2.24, 2.45) is 0 Å². The van der Waals surface area contributed by atoms with Crippen LogP contribution >= 0.6 is 11.3 Å². The summed E-state index contributed by atoms with van der Waals surface area (Å²) >= 11 is 1.31. The summed E-state index contributed by atoms with van der Waals surface area (Å²) in [5, 5.41) is 11.2. The van der Waals surface area contributed by atoms with Crippen molar-refractivity contribution in [2.75, 3.05) is 13.4 Å². The van der Waals surface area contributed by atoms with Gasteiger partial charge in [0, 0.05) is 11.0 Å². The molecule has 8 nitrogen and oxygen atoms in total. The number of nitro benzene ring substituents is 1. The lowest BCUT2D eigenvalue weighted by molar-refractivity contribution is -0.385. The van der Waals surface area contributed by atoms with Crippen LogP contribution in [0.15, 0.2) is 30.3 Å². The first-order valence-electron chi connectivity index (χ1n) is 7.46. The fourth-order valence-corrected chi connectivity index (χ4v) is 3.03. The first-order valence-corrected chi connectivity index (χ1v) is 8.28. The Hall–Kier alpha value is -3.20. The first kappa shape index (κ1) is 17.6. The maximum absolute atomic E-state index is 11.9. The zero-order valence-electron chi connectivity index (χ0n) is 13.6. The van der Waals surface area contributed by atoms with E-state index in [-0.39, 0.29) is 29.6 Å². The average Bonchev–Trinajstić information content (AvgIpc) is 3.24. The molecular formula is C17H13NO7S. The third-order valence-electron chi connectivity index (χ3n) is 3.48. The SMILES string of the molecule is Cc1ccc(C(=O)COC(=O)/C=C/c2cc3c(cc2[N+](=O)[O-])OCO3)s1. The summed E-state index contributed by atoms with van der Waals surface area (Å²) in [6.45, 7) is 1.45. The Labute approximate surface area is 151 Å². The molecule has 0 N–H and O–H groups in total. The van der Waals surface area contributed by atoms with Crippen molar-refractivity contribution in [3.05, 3.63) is 55.8 Å². The van der Waals surface area contributed by atoms with E-state index in [0.717, 1.165) is 11.0 Å². The van der Waals surface area contributed by atoms with Crippen LogP contribution in [0.25, 0.3) is 6.08 Å². The molecule has 1 aliphatic heterocycles. The third kappa shape index (κ3) is 3.89. The Balaban J connectivity index is 1.66. The van der Waals surface area contributed by atoms with E-state index in [9.17, 15) is 19.7 Å². The van der Waals surface area contributed by atoms with Gasteiger partial charge in [0.1, 0.15) is 0 Å². The summed E-state index contributed by atoms with van der Waals surface area (Å²) in [5.74, 6) is -0.461. The van der Waals surface area contributed by atoms with Gasteiger partial charge >= 0.3 is 5.97 Å². The van der Waals surface area contributed by atoms with Crippen LogP contribution in [-0.4, -0.2) is 30.1 Å². The van der Waals surface area contributed by atoms with E-state index in [4.69, 9.17) is 14.2 Å². The minimum absolute atomic E-state index is 0.0218. The number of ketones is 1. The van der Waals surface area contributed by atoms with E-state index in [1.807, 2.05) is 6.92 Å². The number of nitrogens with zero attached hydrogens (tertiary/aromatic N) is 1. The monoisotopic (exact) mass is 375 g/mol. The molecule has 1 aliphatic rings. The van der Waals surface area contributed by atoms with Gasteiger partial charge in [0.25, 0.3) is 5.69 Å². The Morgan fingerprint density at radius 2 is 2.04 bits per heavy atom. The van der Waals surface area contributed by atoms with E-state index in [2.05, 4.69) is 0 Å². The van der Waals surface area contributed by atoms with E-state index in [1.165, 1.54) is 29.5 Å². The maximum Gasteiger partial charge on any atom is 0.331 e. The fourth-order valence-electron chi connectivity index (χ4n) is 2.24. The molecule has 0 spiro atoms. The van der Waals surface area contributed by atoms with Crippen LogP contribution in [0.2, 0.25) is 0 Å². The van der Waals surface area contributed by atoms with E-state index < -0.39 is 17.5 Å². The van der Waals surface area contributed by atoms with Crippen LogP contribution in [0.1, 0.15) is 20.1 Å². The molecular weight excluding hydrogens is 362 g/mol. The van der Waals surface area contributed by atoms with Crippen LogP contribution in [0.4, 0.5) is 5.69 Å². The van der Waals surface area contributed by atoms with Crippen LogP contribution in [0, 0.1) is 17.0 Å². The molecule has 2 heterocycles. The van der Waals surface area contributed by atoms with Gasteiger partial charge in [0.15, 0.2) is 18.1 Å². The number of carbonyl (C=O) groups is 2. The number of rotatable bonds is 6. The van der Waals surface area contributed by atoms with Crippen molar-refractivity contribution in [3.63, 3.8) is 0 Å². The minimum Gasteiger partial charge on any atom is -0.454 e. The standard InChI is InChI=1S/C17H13NO7S/c1-10-2-4-16(26-10)13(19)8-23-17(20)5-3-11-6-14-15(25-9-24-14)7-12(11)18(21)22/h2-7H,8-9H2,1H3/b5-3+. The molecule has 0 amide bonds. The normalized spacial score (nSPS) is 12.3. The second-order valence-corrected chi connectivity index (χ2v) is 6.58. The fraction of sp³-hybridized carbons (Fsp3) is 0.176. The first-order chi connectivity index (χ1) is 12.4. The van der Waals surface area contributed by atoms with Crippen LogP contribution in [0.3, 0.4) is 0 Å². The summed E-state index contributed by atoms with van der Waals surface area (Å²) in [6.07, 6.45) is 2.26. The lowest BCUT2D eigenvalue weighted by Gasteiger charge is -2.02. The number of nitro groups is 1. The second-order valence-electron chi connectivity index (χ2n) is 5.30. The predicted octanol–water partition coefficient (Wildman–Crippen LogP) is 3.13. The smallest absolute Gasteiger partial charge is 0.331 e. The maximum atomic E-state index is 11.9. The molecule has 2 aromatic rings. The third-order valence-corrected chi connectivity index (χ3v) is 4.52. The highest BCUT2D eigenvalue weighted by Crippen LogP contribution is 2.38. The molecule has 0 radical (unpaired) electrons. The molecule has 26 heavy (non-hydrogen) atoms. The topological polar surface area (TPSA) is 105 Å². The van der Waals surface area contributed by atoms with E-state index in [0.29, 0.717) is 10.6 Å². The molecule has 9 heteroatoms. The Morgan fingerprint density at radius 3 is 2.69 bits per heavy atom. The largest absolute Gasteiger partial charge is 0.454 e. The molecule has 1 aromatic heterocycles. The van der Waals surface area contributed by atoms with Crippen LogP contribution in [0.5, 0.6) is 11.5 Å². The number of ether oxygens (including phenoxy) is 3. The van der Waals surface area contributed by atoms with Crippen molar-refractivity contribution < 1.29 is 28.7 Å². The number of benzene rings is 1. The highest BCUT2D eigenvalue weighted by molar-refractivity contribution is 7.14. The highest BCUT2D eigenvalue weighted by atomic mass is 32.1. The molecule has 0 saturated carbocycles. The molecule has 0 aliphatic carbocycles. The van der Waals surface area contributed by atoms with Crippen molar-refractivity contribution >= 4 is 34.9 Å². The number of fused-ring (bicyclic) bond motifs is 1. The molecule has 0 unspecified atom stereocenters. The summed E-state index contributed by atoms with van der Waals surface area (Å²) in [4.78, 5) is 35.7. The van der Waals surface area contributed by atoms with Gasteiger partial charge in [-0.1, -0.05) is 0 Å². The molecule has 0 saturated heterocycles. The lowest BCUT2D eigenvalue weighted by Crippen LogP contribution is -2.11. The van der Waals surface area contributed by atoms with Crippen molar-refractivity contribution in [1.82, 2.24) is 0 Å². The molecule has 0 atom stereocenters. The molecule has 1 aromatic carbocycles. The molecule has 134 valence electrons. The van der Waals surface area contributed by atoms with Crippen molar-refractivity contribution in [2.45, 2.75) is 6.92 Å². The predicted molar refractivity (Wildman–Crippen MR) is 92.6 cm³/mol. The number of thiophene rings is 1. The van der Waals surface area contributed by atoms with Gasteiger partial charge in [-0.15, -0.1) is 11.3 Å².